The molecule has 9 heteroatoms. The molecule has 1 saturated heterocycles. The number of nitrogens with zero attached hydrogens (tertiary/aromatic N) is 2. The highest BCUT2D eigenvalue weighted by molar-refractivity contribution is 6.53. The van der Waals surface area contributed by atoms with Crippen molar-refractivity contribution < 1.29 is 23.9 Å². The van der Waals surface area contributed by atoms with Crippen molar-refractivity contribution in [2.45, 2.75) is 26.7 Å². The van der Waals surface area contributed by atoms with Crippen LogP contribution in [0.4, 0.5) is 11.4 Å². The molecular weight excluding hydrogens is 470 g/mol. The van der Waals surface area contributed by atoms with Crippen molar-refractivity contribution in [1.29, 1.82) is 0 Å². The van der Waals surface area contributed by atoms with Gasteiger partial charge in [-0.25, -0.2) is 9.69 Å². The van der Waals surface area contributed by atoms with Gasteiger partial charge in [0.05, 0.1) is 17.9 Å². The summed E-state index contributed by atoms with van der Waals surface area (Å²) in [4.78, 5) is 53.4. The molecule has 2 aliphatic heterocycles. The second-order valence-corrected chi connectivity index (χ2v) is 8.96. The summed E-state index contributed by atoms with van der Waals surface area (Å²) in [6.07, 6.45) is 1.94. The van der Waals surface area contributed by atoms with Crippen molar-refractivity contribution in [2.24, 2.45) is 5.92 Å². The Balaban J connectivity index is 1.50. The predicted molar refractivity (Wildman–Crippen MR) is 132 cm³/mol. The Morgan fingerprint density at radius 3 is 2.37 bits per heavy atom. The van der Waals surface area contributed by atoms with Gasteiger partial charge in [-0.1, -0.05) is 24.6 Å². The molecule has 8 nitrogen and oxygen atoms in total. The number of carbonyl (C=O) groups excluding carboxylic acids is 4. The summed E-state index contributed by atoms with van der Waals surface area (Å²) in [5.74, 6) is -1.28. The van der Waals surface area contributed by atoms with Gasteiger partial charge in [0.2, 0.25) is 0 Å². The van der Waals surface area contributed by atoms with Crippen molar-refractivity contribution in [2.75, 3.05) is 29.9 Å². The number of carbonyl (C=O) groups is 4. The molecule has 2 heterocycles. The van der Waals surface area contributed by atoms with Crippen LogP contribution in [0.3, 0.4) is 0 Å². The Kier molecular flexibility index (Phi) is 7.21. The van der Waals surface area contributed by atoms with E-state index in [-0.39, 0.29) is 28.9 Å². The van der Waals surface area contributed by atoms with Crippen molar-refractivity contribution >= 4 is 46.7 Å². The van der Waals surface area contributed by atoms with Crippen LogP contribution in [-0.4, -0.2) is 48.3 Å². The Morgan fingerprint density at radius 1 is 1.03 bits per heavy atom. The molecule has 0 spiro atoms. The zero-order valence-corrected chi connectivity index (χ0v) is 20.3. The number of esters is 1. The third-order valence-electron chi connectivity index (χ3n) is 6.11. The molecule has 0 unspecified atom stereocenters. The zero-order chi connectivity index (χ0) is 25.1. The highest BCUT2D eigenvalue weighted by atomic mass is 35.5. The smallest absolute Gasteiger partial charge is 0.338 e. The lowest BCUT2D eigenvalue weighted by atomic mass is 9.98. The molecule has 182 valence electrons. The molecule has 1 fully saturated rings. The van der Waals surface area contributed by atoms with Crippen molar-refractivity contribution in [3.05, 3.63) is 70.4 Å². The SMILES string of the molecule is CCOC(=O)c1ccc(N2C(=O)C(Cl)=C(Nc3cccc(C(=O)N4CCC(C)CC4)c3)C2=O)cc1. The molecule has 2 aromatic rings. The standard InChI is InChI=1S/C26H26ClN3O5/c1-3-35-26(34)17-7-9-20(10-8-17)30-24(32)21(27)22(25(30)33)28-19-6-4-5-18(15-19)23(31)29-13-11-16(2)12-14-29/h4-10,15-16,28H,3,11-14H2,1-2H3. The molecule has 0 saturated carbocycles. The van der Waals surface area contributed by atoms with Gasteiger partial charge < -0.3 is 15.0 Å². The van der Waals surface area contributed by atoms with Gasteiger partial charge in [0.15, 0.2) is 0 Å². The number of imide groups is 1. The van der Waals surface area contributed by atoms with Crippen molar-refractivity contribution in [3.8, 4) is 0 Å². The Hall–Kier alpha value is -3.65. The van der Waals surface area contributed by atoms with Crippen LogP contribution in [-0.2, 0) is 14.3 Å². The number of rotatable bonds is 6. The van der Waals surface area contributed by atoms with E-state index in [0.29, 0.717) is 35.8 Å². The maximum Gasteiger partial charge on any atom is 0.338 e. The van der Waals surface area contributed by atoms with E-state index in [4.69, 9.17) is 16.3 Å². The second-order valence-electron chi connectivity index (χ2n) is 8.58. The largest absolute Gasteiger partial charge is 0.462 e. The van der Waals surface area contributed by atoms with Gasteiger partial charge in [-0.15, -0.1) is 0 Å². The van der Waals surface area contributed by atoms with Gasteiger partial charge in [0.1, 0.15) is 10.7 Å². The van der Waals surface area contributed by atoms with Crippen LogP contribution in [0.2, 0.25) is 0 Å². The van der Waals surface area contributed by atoms with Crippen LogP contribution in [0, 0.1) is 5.92 Å². The molecule has 0 bridgehead atoms. The van der Waals surface area contributed by atoms with Crippen LogP contribution in [0.1, 0.15) is 47.4 Å². The van der Waals surface area contributed by atoms with Crippen LogP contribution >= 0.6 is 11.6 Å². The number of hydrogen-bond acceptors (Lipinski definition) is 6. The Bertz CT molecular complexity index is 1200. The fourth-order valence-corrected chi connectivity index (χ4v) is 4.29. The molecule has 0 radical (unpaired) electrons. The van der Waals surface area contributed by atoms with Crippen molar-refractivity contribution in [3.63, 3.8) is 0 Å². The summed E-state index contributed by atoms with van der Waals surface area (Å²) in [5.41, 5.74) is 1.45. The van der Waals surface area contributed by atoms with Gasteiger partial charge >= 0.3 is 5.97 Å². The molecule has 35 heavy (non-hydrogen) atoms. The van der Waals surface area contributed by atoms with Crippen LogP contribution in [0.5, 0.6) is 0 Å². The van der Waals surface area contributed by atoms with Crippen LogP contribution in [0.15, 0.2) is 59.3 Å². The predicted octanol–water partition coefficient (Wildman–Crippen LogP) is 4.17. The molecular formula is C26H26ClN3O5. The maximum atomic E-state index is 13.1. The van der Waals surface area contributed by atoms with Gasteiger partial charge in [-0.05, 0) is 68.1 Å². The van der Waals surface area contributed by atoms with E-state index >= 15 is 0 Å². The second kappa shape index (κ2) is 10.3. The summed E-state index contributed by atoms with van der Waals surface area (Å²) in [6.45, 7) is 5.55. The van der Waals surface area contributed by atoms with Gasteiger partial charge in [0.25, 0.3) is 17.7 Å². The number of halogens is 1. The monoisotopic (exact) mass is 495 g/mol. The molecule has 1 N–H and O–H groups in total. The van der Waals surface area contributed by atoms with E-state index in [1.807, 2.05) is 4.90 Å². The number of hydrogen-bond donors (Lipinski definition) is 1. The molecule has 3 amide bonds. The topological polar surface area (TPSA) is 96.0 Å². The van der Waals surface area contributed by atoms with Crippen LogP contribution in [0.25, 0.3) is 0 Å². The first-order valence-corrected chi connectivity index (χ1v) is 11.9. The fraction of sp³-hybridized carbons (Fsp3) is 0.308. The minimum absolute atomic E-state index is 0.0715. The number of ether oxygens (including phenoxy) is 1. The third kappa shape index (κ3) is 5.07. The molecule has 2 aliphatic rings. The Morgan fingerprint density at radius 2 is 1.71 bits per heavy atom. The molecule has 0 aliphatic carbocycles. The highest BCUT2D eigenvalue weighted by Crippen LogP contribution is 2.30. The average molecular weight is 496 g/mol. The summed E-state index contributed by atoms with van der Waals surface area (Å²) in [7, 11) is 0. The number of anilines is 2. The number of nitrogens with one attached hydrogen (secondary N) is 1. The van der Waals surface area contributed by atoms with E-state index in [0.717, 1.165) is 17.7 Å². The third-order valence-corrected chi connectivity index (χ3v) is 6.46. The number of benzene rings is 2. The summed E-state index contributed by atoms with van der Waals surface area (Å²) in [6, 6.07) is 12.7. The average Bonchev–Trinajstić information content (AvgIpc) is 3.07. The fourth-order valence-electron chi connectivity index (χ4n) is 4.08. The van der Waals surface area contributed by atoms with E-state index in [1.165, 1.54) is 24.3 Å². The first-order chi connectivity index (χ1) is 16.8. The minimum Gasteiger partial charge on any atom is -0.462 e. The highest BCUT2D eigenvalue weighted by Gasteiger charge is 2.39. The van der Waals surface area contributed by atoms with Gasteiger partial charge in [-0.2, -0.15) is 0 Å². The van der Waals surface area contributed by atoms with Gasteiger partial charge in [0, 0.05) is 24.3 Å². The van der Waals surface area contributed by atoms with E-state index < -0.39 is 17.8 Å². The lowest BCUT2D eigenvalue weighted by Crippen LogP contribution is -2.37. The normalized spacial score (nSPS) is 16.7. The quantitative estimate of drug-likeness (QED) is 0.477. The molecule has 4 rings (SSSR count). The summed E-state index contributed by atoms with van der Waals surface area (Å²) < 4.78 is 4.95. The maximum absolute atomic E-state index is 13.1. The lowest BCUT2D eigenvalue weighted by molar-refractivity contribution is -0.120. The number of likely N-dealkylation sites (tertiary alicyclic amines) is 1. The Labute approximate surface area is 208 Å². The van der Waals surface area contributed by atoms with E-state index in [9.17, 15) is 19.2 Å². The first-order valence-electron chi connectivity index (χ1n) is 11.5. The minimum atomic E-state index is -0.683. The molecule has 0 aromatic heterocycles. The number of amides is 3. The molecule has 2 aromatic carbocycles. The lowest BCUT2D eigenvalue weighted by Gasteiger charge is -2.30. The van der Waals surface area contributed by atoms with Gasteiger partial charge in [-0.3, -0.25) is 14.4 Å². The van der Waals surface area contributed by atoms with E-state index in [1.54, 1.807) is 31.2 Å². The molecule has 0 atom stereocenters. The summed E-state index contributed by atoms with van der Waals surface area (Å²) >= 11 is 6.23. The first kappa shape index (κ1) is 24.5. The van der Waals surface area contributed by atoms with Crippen LogP contribution < -0.4 is 10.2 Å². The zero-order valence-electron chi connectivity index (χ0n) is 19.5. The number of piperidine rings is 1. The van der Waals surface area contributed by atoms with E-state index in [2.05, 4.69) is 12.2 Å². The summed E-state index contributed by atoms with van der Waals surface area (Å²) in [5, 5.41) is 2.65. The van der Waals surface area contributed by atoms with Crippen molar-refractivity contribution in [1.82, 2.24) is 4.90 Å².